The van der Waals surface area contributed by atoms with Crippen molar-refractivity contribution in [2.45, 2.75) is 58.0 Å². The van der Waals surface area contributed by atoms with Gasteiger partial charge in [-0.1, -0.05) is 39.2 Å². The average Bonchev–Trinajstić information content (AvgIpc) is 2.64. The summed E-state index contributed by atoms with van der Waals surface area (Å²) in [6.07, 6.45) is 9.37. The Hall–Kier alpha value is -0.790. The third kappa shape index (κ3) is 1.86. The van der Waals surface area contributed by atoms with Crippen LogP contribution in [-0.2, 0) is 9.53 Å². The van der Waals surface area contributed by atoms with Crippen LogP contribution in [-0.4, -0.2) is 11.6 Å². The van der Waals surface area contributed by atoms with Gasteiger partial charge >= 0.3 is 5.97 Å². The predicted molar refractivity (Wildman–Crippen MR) is 75.5 cm³/mol. The minimum absolute atomic E-state index is 0.241. The summed E-state index contributed by atoms with van der Waals surface area (Å²) in [5.74, 6) is 3.30. The van der Waals surface area contributed by atoms with Crippen molar-refractivity contribution in [1.29, 1.82) is 0 Å². The van der Waals surface area contributed by atoms with Gasteiger partial charge in [0.2, 0.25) is 0 Å². The third-order valence-corrected chi connectivity index (χ3v) is 6.48. The van der Waals surface area contributed by atoms with Gasteiger partial charge in [-0.15, -0.1) is 0 Å². The summed E-state index contributed by atoms with van der Waals surface area (Å²) < 4.78 is 5.88. The summed E-state index contributed by atoms with van der Waals surface area (Å²) in [6, 6.07) is 0. The van der Waals surface area contributed by atoms with Crippen LogP contribution >= 0.6 is 0 Å². The topological polar surface area (TPSA) is 26.3 Å². The van der Waals surface area contributed by atoms with Gasteiger partial charge in [0.15, 0.2) is 0 Å². The van der Waals surface area contributed by atoms with E-state index in [-0.39, 0.29) is 11.6 Å². The summed E-state index contributed by atoms with van der Waals surface area (Å²) in [5.41, 5.74) is -0.260. The lowest BCUT2D eigenvalue weighted by Crippen LogP contribution is -2.43. The fourth-order valence-corrected chi connectivity index (χ4v) is 5.55. The van der Waals surface area contributed by atoms with Crippen LogP contribution in [0.3, 0.4) is 0 Å². The summed E-state index contributed by atoms with van der Waals surface area (Å²) in [6.45, 7) is 8.05. The molecule has 0 radical (unpaired) electrons. The molecule has 106 valence electrons. The molecule has 0 aromatic carbocycles. The molecule has 0 aromatic rings. The van der Waals surface area contributed by atoms with E-state index >= 15 is 0 Å². The van der Waals surface area contributed by atoms with E-state index in [4.69, 9.17) is 4.74 Å². The van der Waals surface area contributed by atoms with Gasteiger partial charge in [0, 0.05) is 12.0 Å². The molecule has 6 atom stereocenters. The first-order valence-corrected chi connectivity index (χ1v) is 7.93. The minimum atomic E-state index is -0.260. The van der Waals surface area contributed by atoms with Gasteiger partial charge in [-0.05, 0) is 43.4 Å². The molecule has 19 heavy (non-hydrogen) atoms. The molecule has 0 heterocycles. The maximum atomic E-state index is 11.7. The van der Waals surface area contributed by atoms with Crippen molar-refractivity contribution in [2.24, 2.45) is 29.6 Å². The van der Waals surface area contributed by atoms with E-state index in [9.17, 15) is 4.79 Å². The molecule has 3 aliphatic carbocycles. The highest BCUT2D eigenvalue weighted by atomic mass is 16.6. The molecule has 3 aliphatic rings. The van der Waals surface area contributed by atoms with Crippen LogP contribution < -0.4 is 0 Å². The van der Waals surface area contributed by atoms with Crippen LogP contribution in [0.1, 0.15) is 52.4 Å². The van der Waals surface area contributed by atoms with Crippen molar-refractivity contribution in [3.05, 3.63) is 12.7 Å². The van der Waals surface area contributed by atoms with Crippen molar-refractivity contribution in [3.63, 3.8) is 0 Å². The van der Waals surface area contributed by atoms with Crippen LogP contribution in [0.15, 0.2) is 12.7 Å². The van der Waals surface area contributed by atoms with E-state index in [1.165, 1.54) is 44.6 Å². The van der Waals surface area contributed by atoms with Gasteiger partial charge in [0.1, 0.15) is 5.60 Å². The number of rotatable bonds is 2. The molecular weight excluding hydrogens is 236 g/mol. The van der Waals surface area contributed by atoms with Gasteiger partial charge in [-0.3, -0.25) is 0 Å². The van der Waals surface area contributed by atoms with E-state index in [1.807, 2.05) is 0 Å². The first kappa shape index (κ1) is 13.2. The van der Waals surface area contributed by atoms with Crippen LogP contribution in [0.25, 0.3) is 0 Å². The first-order chi connectivity index (χ1) is 9.08. The molecule has 0 saturated heterocycles. The highest BCUT2D eigenvalue weighted by Crippen LogP contribution is 2.61. The van der Waals surface area contributed by atoms with Crippen molar-refractivity contribution >= 4 is 5.97 Å². The normalized spacial score (nSPS) is 48.4. The van der Waals surface area contributed by atoms with Crippen molar-refractivity contribution < 1.29 is 9.53 Å². The van der Waals surface area contributed by atoms with Gasteiger partial charge < -0.3 is 4.74 Å². The lowest BCUT2D eigenvalue weighted by Gasteiger charge is -2.43. The quantitative estimate of drug-likeness (QED) is 0.556. The monoisotopic (exact) mass is 262 g/mol. The Morgan fingerprint density at radius 2 is 1.95 bits per heavy atom. The van der Waals surface area contributed by atoms with Crippen LogP contribution in [0.4, 0.5) is 0 Å². The molecule has 2 nitrogen and oxygen atoms in total. The third-order valence-electron chi connectivity index (χ3n) is 6.48. The SMILES string of the molecule is C=CC(=O)OC1(C)C(C)C2CCCC3CCCC1C32. The Morgan fingerprint density at radius 1 is 1.26 bits per heavy atom. The Bertz CT molecular complexity index is 387. The number of hydrogen-bond donors (Lipinski definition) is 0. The minimum Gasteiger partial charge on any atom is -0.456 e. The van der Waals surface area contributed by atoms with E-state index in [0.29, 0.717) is 11.8 Å². The van der Waals surface area contributed by atoms with Gasteiger partial charge in [0.05, 0.1) is 0 Å². The fourth-order valence-electron chi connectivity index (χ4n) is 5.55. The van der Waals surface area contributed by atoms with Gasteiger partial charge in [-0.2, -0.15) is 0 Å². The maximum absolute atomic E-state index is 11.7. The van der Waals surface area contributed by atoms with Gasteiger partial charge in [-0.25, -0.2) is 4.79 Å². The molecule has 3 saturated carbocycles. The van der Waals surface area contributed by atoms with Crippen molar-refractivity contribution in [2.75, 3.05) is 0 Å². The summed E-state index contributed by atoms with van der Waals surface area (Å²) in [5, 5.41) is 0. The zero-order chi connectivity index (χ0) is 13.6. The van der Waals surface area contributed by atoms with Crippen molar-refractivity contribution in [1.82, 2.24) is 0 Å². The second-order valence-electron chi connectivity index (χ2n) is 7.07. The lowest BCUT2D eigenvalue weighted by atomic mass is 9.64. The molecule has 0 N–H and O–H groups in total. The first-order valence-electron chi connectivity index (χ1n) is 7.93. The largest absolute Gasteiger partial charge is 0.456 e. The lowest BCUT2D eigenvalue weighted by molar-refractivity contribution is -0.162. The highest BCUT2D eigenvalue weighted by Gasteiger charge is 2.60. The summed E-state index contributed by atoms with van der Waals surface area (Å²) in [4.78, 5) is 11.7. The molecule has 0 spiro atoms. The second kappa shape index (κ2) is 4.64. The molecule has 0 amide bonds. The molecular formula is C17H26O2. The molecule has 6 unspecified atom stereocenters. The zero-order valence-corrected chi connectivity index (χ0v) is 12.2. The van der Waals surface area contributed by atoms with Crippen LogP contribution in [0.2, 0.25) is 0 Å². The smallest absolute Gasteiger partial charge is 0.330 e. The summed E-state index contributed by atoms with van der Waals surface area (Å²) >= 11 is 0. The summed E-state index contributed by atoms with van der Waals surface area (Å²) in [7, 11) is 0. The van der Waals surface area contributed by atoms with Gasteiger partial charge in [0.25, 0.3) is 0 Å². The Morgan fingerprint density at radius 3 is 2.63 bits per heavy atom. The highest BCUT2D eigenvalue weighted by molar-refractivity contribution is 5.81. The number of ether oxygens (including phenoxy) is 1. The Kier molecular flexibility index (Phi) is 3.23. The van der Waals surface area contributed by atoms with Crippen LogP contribution in [0, 0.1) is 29.6 Å². The van der Waals surface area contributed by atoms with Crippen LogP contribution in [0.5, 0.6) is 0 Å². The molecule has 0 aliphatic heterocycles. The van der Waals surface area contributed by atoms with E-state index in [0.717, 1.165) is 17.8 Å². The van der Waals surface area contributed by atoms with E-state index in [1.54, 1.807) is 0 Å². The Labute approximate surface area is 116 Å². The fraction of sp³-hybridized carbons (Fsp3) is 0.824. The number of hydrogen-bond acceptors (Lipinski definition) is 2. The molecule has 2 heteroatoms. The molecule has 0 aromatic heterocycles. The average molecular weight is 262 g/mol. The van der Waals surface area contributed by atoms with Crippen molar-refractivity contribution in [3.8, 4) is 0 Å². The molecule has 3 fully saturated rings. The van der Waals surface area contributed by atoms with E-state index in [2.05, 4.69) is 20.4 Å². The molecule has 3 rings (SSSR count). The number of carbonyl (C=O) groups excluding carboxylic acids is 1. The number of carbonyl (C=O) groups is 1. The predicted octanol–water partition coefficient (Wildman–Crippen LogP) is 3.96. The standard InChI is InChI=1S/C17H26O2/c1-4-15(18)19-17(3)11(2)13-9-5-7-12-8-6-10-14(17)16(12)13/h4,11-14,16H,1,5-10H2,2-3H3. The molecule has 0 bridgehead atoms. The maximum Gasteiger partial charge on any atom is 0.330 e. The van der Waals surface area contributed by atoms with E-state index < -0.39 is 0 Å². The Balaban J connectivity index is 1.92. The zero-order valence-electron chi connectivity index (χ0n) is 12.2. The second-order valence-corrected chi connectivity index (χ2v) is 7.07. The number of esters is 1.